The van der Waals surface area contributed by atoms with Crippen molar-refractivity contribution in [1.29, 1.82) is 0 Å². The van der Waals surface area contributed by atoms with Gasteiger partial charge in [-0.05, 0) is 32.1 Å². The zero-order valence-corrected chi connectivity index (χ0v) is 8.02. The van der Waals surface area contributed by atoms with E-state index in [-0.39, 0.29) is 12.3 Å². The van der Waals surface area contributed by atoms with E-state index in [4.69, 9.17) is 4.74 Å². The number of nitrogens with one attached hydrogen (secondary N) is 1. The fourth-order valence-corrected chi connectivity index (χ4v) is 2.38. The van der Waals surface area contributed by atoms with Gasteiger partial charge in [-0.15, -0.1) is 0 Å². The summed E-state index contributed by atoms with van der Waals surface area (Å²) in [6, 6.07) is 0.491. The normalized spacial score (nSPS) is 31.6. The number of hydrogen-bond acceptors (Lipinski definition) is 2. The number of alkyl halides is 1. The van der Waals surface area contributed by atoms with Crippen molar-refractivity contribution in [1.82, 2.24) is 5.32 Å². The lowest BCUT2D eigenvalue weighted by Gasteiger charge is -2.47. The van der Waals surface area contributed by atoms with E-state index in [0.717, 1.165) is 19.4 Å². The van der Waals surface area contributed by atoms with Gasteiger partial charge in [-0.3, -0.25) is 0 Å². The topological polar surface area (TPSA) is 21.3 Å². The fraction of sp³-hybridized carbons (Fsp3) is 1.00. The van der Waals surface area contributed by atoms with Gasteiger partial charge in [0.15, 0.2) is 0 Å². The minimum atomic E-state index is -0.260. The van der Waals surface area contributed by atoms with Gasteiger partial charge in [0.25, 0.3) is 0 Å². The molecule has 1 aliphatic carbocycles. The van der Waals surface area contributed by atoms with Crippen LogP contribution in [0.4, 0.5) is 4.39 Å². The third kappa shape index (κ3) is 2.02. The summed E-state index contributed by atoms with van der Waals surface area (Å²) < 4.78 is 17.7. The van der Waals surface area contributed by atoms with Crippen molar-refractivity contribution in [2.45, 2.75) is 43.7 Å². The van der Waals surface area contributed by atoms with Crippen molar-refractivity contribution < 1.29 is 9.13 Å². The van der Waals surface area contributed by atoms with E-state index in [9.17, 15) is 4.39 Å². The van der Waals surface area contributed by atoms with Gasteiger partial charge < -0.3 is 10.1 Å². The number of ether oxygens (including phenoxy) is 1. The van der Waals surface area contributed by atoms with Crippen LogP contribution in [0.2, 0.25) is 0 Å². The average molecular weight is 187 g/mol. The molecule has 0 radical (unpaired) electrons. The van der Waals surface area contributed by atoms with Gasteiger partial charge in [0.2, 0.25) is 0 Å². The summed E-state index contributed by atoms with van der Waals surface area (Å²) in [6.07, 6.45) is 5.85. The molecule has 1 atom stereocenters. The Balaban J connectivity index is 1.78. The van der Waals surface area contributed by atoms with Gasteiger partial charge >= 0.3 is 0 Å². The molecule has 2 aliphatic rings. The maximum Gasteiger partial charge on any atom is 0.102 e. The highest BCUT2D eigenvalue weighted by Crippen LogP contribution is 2.42. The van der Waals surface area contributed by atoms with Crippen LogP contribution in [0.3, 0.4) is 0 Å². The first-order chi connectivity index (χ1) is 6.35. The summed E-state index contributed by atoms with van der Waals surface area (Å²) in [6.45, 7) is 1.09. The smallest absolute Gasteiger partial charge is 0.102 e. The summed E-state index contributed by atoms with van der Waals surface area (Å²) in [4.78, 5) is 0. The zero-order valence-electron chi connectivity index (χ0n) is 8.02. The van der Waals surface area contributed by atoms with Gasteiger partial charge in [0, 0.05) is 19.2 Å². The van der Waals surface area contributed by atoms with E-state index in [2.05, 4.69) is 5.32 Å². The molecule has 76 valence electrons. The second-order valence-electron chi connectivity index (χ2n) is 4.22. The van der Waals surface area contributed by atoms with Gasteiger partial charge in [0.1, 0.15) is 6.67 Å². The Hall–Kier alpha value is -0.150. The Bertz CT molecular complexity index is 170. The molecule has 1 unspecified atom stereocenters. The van der Waals surface area contributed by atoms with E-state index in [1.165, 1.54) is 19.3 Å². The van der Waals surface area contributed by atoms with Crippen LogP contribution in [0.5, 0.6) is 0 Å². The predicted molar refractivity (Wildman–Crippen MR) is 49.5 cm³/mol. The molecule has 2 nitrogen and oxygen atoms in total. The Labute approximate surface area is 78.8 Å². The van der Waals surface area contributed by atoms with E-state index in [1.54, 1.807) is 0 Å². The summed E-state index contributed by atoms with van der Waals surface area (Å²) >= 11 is 0. The number of halogens is 1. The molecule has 0 aromatic heterocycles. The maximum absolute atomic E-state index is 11.9. The number of rotatable bonds is 3. The van der Waals surface area contributed by atoms with Crippen molar-refractivity contribution in [3.05, 3.63) is 0 Å². The molecule has 0 aromatic carbocycles. The van der Waals surface area contributed by atoms with Crippen molar-refractivity contribution in [3.8, 4) is 0 Å². The lowest BCUT2D eigenvalue weighted by atomic mass is 9.74. The minimum absolute atomic E-state index is 0.187. The maximum atomic E-state index is 11.9. The molecule has 2 fully saturated rings. The first-order valence-corrected chi connectivity index (χ1v) is 5.28. The molecule has 1 aliphatic heterocycles. The van der Waals surface area contributed by atoms with E-state index >= 15 is 0 Å². The Morgan fingerprint density at radius 2 is 2.31 bits per heavy atom. The van der Waals surface area contributed by atoms with Crippen LogP contribution in [0.15, 0.2) is 0 Å². The lowest BCUT2D eigenvalue weighted by molar-refractivity contribution is -0.135. The Morgan fingerprint density at radius 3 is 2.92 bits per heavy atom. The highest BCUT2D eigenvalue weighted by Gasteiger charge is 2.42. The molecule has 13 heavy (non-hydrogen) atoms. The molecule has 1 spiro atoms. The van der Waals surface area contributed by atoms with Gasteiger partial charge in [-0.2, -0.15) is 0 Å². The second kappa shape index (κ2) is 3.93. The Morgan fingerprint density at radius 1 is 1.46 bits per heavy atom. The van der Waals surface area contributed by atoms with Crippen LogP contribution in [0.25, 0.3) is 0 Å². The monoisotopic (exact) mass is 187 g/mol. The predicted octanol–water partition coefficient (Wildman–Crippen LogP) is 1.65. The van der Waals surface area contributed by atoms with E-state index in [1.807, 2.05) is 0 Å². The molecule has 0 bridgehead atoms. The fourth-order valence-electron chi connectivity index (χ4n) is 2.38. The van der Waals surface area contributed by atoms with Crippen LogP contribution in [0, 0.1) is 0 Å². The van der Waals surface area contributed by atoms with Gasteiger partial charge in [-0.25, -0.2) is 4.39 Å². The summed E-state index contributed by atoms with van der Waals surface area (Å²) in [5.41, 5.74) is 0.187. The molecular weight excluding hydrogens is 169 g/mol. The van der Waals surface area contributed by atoms with E-state index in [0.29, 0.717) is 12.6 Å². The molecule has 1 saturated carbocycles. The van der Waals surface area contributed by atoms with Crippen LogP contribution >= 0.6 is 0 Å². The van der Waals surface area contributed by atoms with E-state index < -0.39 is 0 Å². The first-order valence-electron chi connectivity index (χ1n) is 5.28. The quantitative estimate of drug-likeness (QED) is 0.725. The number of hydrogen-bond donors (Lipinski definition) is 1. The van der Waals surface area contributed by atoms with Crippen LogP contribution in [0.1, 0.15) is 32.1 Å². The average Bonchev–Trinajstić information content (AvgIpc) is 2.13. The largest absolute Gasteiger partial charge is 0.375 e. The molecule has 0 aromatic rings. The third-order valence-electron chi connectivity index (χ3n) is 3.29. The highest BCUT2D eigenvalue weighted by atomic mass is 19.1. The molecule has 1 N–H and O–H groups in total. The van der Waals surface area contributed by atoms with Crippen LogP contribution in [-0.4, -0.2) is 31.5 Å². The van der Waals surface area contributed by atoms with Crippen molar-refractivity contribution >= 4 is 0 Å². The van der Waals surface area contributed by atoms with Crippen LogP contribution in [-0.2, 0) is 4.74 Å². The minimum Gasteiger partial charge on any atom is -0.375 e. The van der Waals surface area contributed by atoms with Crippen LogP contribution < -0.4 is 5.32 Å². The first kappa shape index (κ1) is 9.41. The molecule has 1 heterocycles. The van der Waals surface area contributed by atoms with Crippen molar-refractivity contribution in [3.63, 3.8) is 0 Å². The molecule has 2 rings (SSSR count). The SMILES string of the molecule is FCCNC1CCOC2(CCC2)C1. The molecular formula is C10H18FNO. The van der Waals surface area contributed by atoms with Gasteiger partial charge in [0.05, 0.1) is 5.60 Å². The lowest BCUT2D eigenvalue weighted by Crippen LogP contribution is -2.51. The highest BCUT2D eigenvalue weighted by molar-refractivity contribution is 4.95. The van der Waals surface area contributed by atoms with Crippen molar-refractivity contribution in [2.24, 2.45) is 0 Å². The molecule has 3 heteroatoms. The molecule has 1 saturated heterocycles. The van der Waals surface area contributed by atoms with Crippen molar-refractivity contribution in [2.75, 3.05) is 19.8 Å². The second-order valence-corrected chi connectivity index (χ2v) is 4.22. The molecule has 0 amide bonds. The third-order valence-corrected chi connectivity index (χ3v) is 3.29. The van der Waals surface area contributed by atoms with Gasteiger partial charge in [-0.1, -0.05) is 0 Å². The summed E-state index contributed by atoms with van der Waals surface area (Å²) in [5, 5.41) is 3.24. The summed E-state index contributed by atoms with van der Waals surface area (Å²) in [5.74, 6) is 0. The standard InChI is InChI=1S/C10H18FNO/c11-5-6-12-9-2-7-13-10(8-9)3-1-4-10/h9,12H,1-8H2. The zero-order chi connectivity index (χ0) is 9.15. The Kier molecular flexibility index (Phi) is 2.84. The summed E-state index contributed by atoms with van der Waals surface area (Å²) in [7, 11) is 0.